The van der Waals surface area contributed by atoms with Crippen molar-refractivity contribution < 1.29 is 0 Å². The van der Waals surface area contributed by atoms with E-state index in [4.69, 9.17) is 0 Å². The van der Waals surface area contributed by atoms with Gasteiger partial charge in [0.05, 0.1) is 0 Å². The summed E-state index contributed by atoms with van der Waals surface area (Å²) in [5.74, 6) is 0.800. The van der Waals surface area contributed by atoms with Gasteiger partial charge in [-0.1, -0.05) is 136 Å². The van der Waals surface area contributed by atoms with Crippen molar-refractivity contribution in [2.45, 2.75) is 45.4 Å². The van der Waals surface area contributed by atoms with Crippen LogP contribution in [0, 0.1) is 11.8 Å². The van der Waals surface area contributed by atoms with Crippen LogP contribution in [0.4, 0.5) is 0 Å². The van der Waals surface area contributed by atoms with Crippen molar-refractivity contribution in [2.24, 2.45) is 11.8 Å². The lowest BCUT2D eigenvalue weighted by Gasteiger charge is -2.47. The molecule has 190 valence electrons. The Morgan fingerprint density at radius 3 is 2.51 bits per heavy atom. The van der Waals surface area contributed by atoms with Crippen LogP contribution in [0.2, 0.25) is 0 Å². The summed E-state index contributed by atoms with van der Waals surface area (Å²) in [5, 5.41) is 3.65. The Morgan fingerprint density at radius 2 is 1.81 bits per heavy atom. The van der Waals surface area contributed by atoms with Crippen LogP contribution in [-0.2, 0) is 11.8 Å². The van der Waals surface area contributed by atoms with Gasteiger partial charge in [0.2, 0.25) is 0 Å². The van der Waals surface area contributed by atoms with E-state index in [9.17, 15) is 0 Å². The van der Waals surface area contributed by atoms with Crippen LogP contribution in [-0.4, -0.2) is 6.54 Å². The molecule has 3 atom stereocenters. The Labute approximate surface area is 224 Å². The number of allylic oxidation sites excluding steroid dienone is 11. The van der Waals surface area contributed by atoms with Gasteiger partial charge in [-0.25, -0.2) is 0 Å². The Kier molecular flexibility index (Phi) is 9.01. The topological polar surface area (TPSA) is 12.0 Å². The van der Waals surface area contributed by atoms with E-state index in [1.165, 1.54) is 33.5 Å². The molecular formula is C36H41N. The van der Waals surface area contributed by atoms with E-state index in [-0.39, 0.29) is 5.41 Å². The highest BCUT2D eigenvalue weighted by Gasteiger charge is 2.45. The smallest absolute Gasteiger partial charge is 0.0378 e. The van der Waals surface area contributed by atoms with Crippen LogP contribution in [0.5, 0.6) is 0 Å². The summed E-state index contributed by atoms with van der Waals surface area (Å²) in [6, 6.07) is 19.7. The molecule has 1 aliphatic heterocycles. The van der Waals surface area contributed by atoms with Crippen molar-refractivity contribution in [2.75, 3.05) is 6.54 Å². The molecule has 0 bridgehead atoms. The van der Waals surface area contributed by atoms with Gasteiger partial charge in [0, 0.05) is 23.6 Å². The SMILES string of the molecule is C=C/C(=C\Cc1ccccc1C(C=CC)(C(C)CC)C1CC=CC=C1C1=CC=CCN1)c1ccccc1. The lowest BCUT2D eigenvalue weighted by molar-refractivity contribution is 0.257. The molecule has 0 saturated heterocycles. The number of benzene rings is 2. The second kappa shape index (κ2) is 12.6. The first kappa shape index (κ1) is 26.5. The fraction of sp³-hybridized carbons (Fsp3) is 0.278. The molecule has 0 fully saturated rings. The highest BCUT2D eigenvalue weighted by Crippen LogP contribution is 2.50. The van der Waals surface area contributed by atoms with Gasteiger partial charge >= 0.3 is 0 Å². The van der Waals surface area contributed by atoms with Crippen molar-refractivity contribution in [3.8, 4) is 0 Å². The Bertz CT molecular complexity index is 1250. The summed E-state index contributed by atoms with van der Waals surface area (Å²) in [6.07, 6.45) is 25.6. The molecule has 37 heavy (non-hydrogen) atoms. The van der Waals surface area contributed by atoms with Crippen LogP contribution in [0.3, 0.4) is 0 Å². The Hall–Kier alpha value is -3.58. The molecule has 0 spiro atoms. The Morgan fingerprint density at radius 1 is 1.05 bits per heavy atom. The highest BCUT2D eigenvalue weighted by atomic mass is 14.9. The number of hydrogen-bond donors (Lipinski definition) is 1. The zero-order valence-electron chi connectivity index (χ0n) is 22.7. The monoisotopic (exact) mass is 487 g/mol. The van der Waals surface area contributed by atoms with Gasteiger partial charge in [0.15, 0.2) is 0 Å². The first-order chi connectivity index (χ1) is 18.2. The second-order valence-electron chi connectivity index (χ2n) is 10.1. The summed E-state index contributed by atoms with van der Waals surface area (Å²) in [4.78, 5) is 0. The van der Waals surface area contributed by atoms with Gasteiger partial charge in [0.25, 0.3) is 0 Å². The minimum Gasteiger partial charge on any atom is -0.381 e. The van der Waals surface area contributed by atoms with Crippen LogP contribution in [0.1, 0.15) is 50.3 Å². The molecule has 0 aromatic heterocycles. The zero-order valence-corrected chi connectivity index (χ0v) is 22.7. The summed E-state index contributed by atoms with van der Waals surface area (Å²) in [7, 11) is 0. The molecule has 0 amide bonds. The van der Waals surface area contributed by atoms with E-state index in [2.05, 4.69) is 142 Å². The number of dihydropyridines is 1. The van der Waals surface area contributed by atoms with Crippen molar-refractivity contribution in [1.82, 2.24) is 5.32 Å². The molecule has 1 heterocycles. The third-order valence-corrected chi connectivity index (χ3v) is 8.08. The van der Waals surface area contributed by atoms with E-state index in [0.717, 1.165) is 25.8 Å². The molecule has 3 unspecified atom stereocenters. The first-order valence-corrected chi connectivity index (χ1v) is 13.7. The predicted molar refractivity (Wildman–Crippen MR) is 161 cm³/mol. The quantitative estimate of drug-likeness (QED) is 0.260. The molecule has 2 aromatic carbocycles. The number of hydrogen-bond acceptors (Lipinski definition) is 1. The van der Waals surface area contributed by atoms with Crippen molar-refractivity contribution in [3.63, 3.8) is 0 Å². The van der Waals surface area contributed by atoms with Gasteiger partial charge in [0.1, 0.15) is 0 Å². The van der Waals surface area contributed by atoms with Crippen molar-refractivity contribution in [3.05, 3.63) is 150 Å². The van der Waals surface area contributed by atoms with Crippen molar-refractivity contribution in [1.29, 1.82) is 0 Å². The van der Waals surface area contributed by atoms with E-state index >= 15 is 0 Å². The summed E-state index contributed by atoms with van der Waals surface area (Å²) in [5.41, 5.74) is 7.75. The number of nitrogens with one attached hydrogen (secondary N) is 1. The lowest BCUT2D eigenvalue weighted by Crippen LogP contribution is -2.43. The molecule has 4 rings (SSSR count). The molecule has 2 aromatic rings. The van der Waals surface area contributed by atoms with Crippen LogP contribution < -0.4 is 5.32 Å². The third kappa shape index (κ3) is 5.57. The standard InChI is InChI=1S/C36H41N/c1-5-26-36(28(4)6-2,34-22-14-12-20-32(34)35-23-15-16-27-37-35)33-21-13-11-19-31(33)25-24-29(7-3)30-17-9-8-10-18-30/h5,7-21,23-24,26,28,34,37H,3,6,22,25,27H2,1-2,4H3/b26-5?,29-24+. The van der Waals surface area contributed by atoms with E-state index in [1.807, 2.05) is 6.08 Å². The maximum absolute atomic E-state index is 4.11. The Balaban J connectivity index is 1.85. The van der Waals surface area contributed by atoms with Gasteiger partial charge in [-0.3, -0.25) is 0 Å². The van der Waals surface area contributed by atoms with Crippen molar-refractivity contribution >= 4 is 5.57 Å². The van der Waals surface area contributed by atoms with Crippen LogP contribution in [0.15, 0.2) is 133 Å². The van der Waals surface area contributed by atoms with Gasteiger partial charge in [-0.05, 0) is 59.6 Å². The van der Waals surface area contributed by atoms with E-state index < -0.39 is 0 Å². The van der Waals surface area contributed by atoms with Gasteiger partial charge < -0.3 is 5.32 Å². The van der Waals surface area contributed by atoms with Gasteiger partial charge in [-0.2, -0.15) is 0 Å². The molecule has 0 saturated carbocycles. The largest absolute Gasteiger partial charge is 0.381 e. The molecule has 1 heteroatoms. The second-order valence-corrected chi connectivity index (χ2v) is 10.1. The van der Waals surface area contributed by atoms with Crippen LogP contribution in [0.25, 0.3) is 5.57 Å². The first-order valence-electron chi connectivity index (χ1n) is 13.7. The van der Waals surface area contributed by atoms with Gasteiger partial charge in [-0.15, -0.1) is 0 Å². The molecule has 0 radical (unpaired) electrons. The number of rotatable bonds is 10. The predicted octanol–water partition coefficient (Wildman–Crippen LogP) is 8.90. The molecule has 1 N–H and O–H groups in total. The third-order valence-electron chi connectivity index (χ3n) is 8.08. The summed E-state index contributed by atoms with van der Waals surface area (Å²) in [6.45, 7) is 11.9. The average Bonchev–Trinajstić information content (AvgIpc) is 2.97. The van der Waals surface area contributed by atoms with Crippen LogP contribution >= 0.6 is 0 Å². The average molecular weight is 488 g/mol. The lowest BCUT2D eigenvalue weighted by atomic mass is 9.57. The molecule has 1 aliphatic carbocycles. The minimum absolute atomic E-state index is 0.130. The van der Waals surface area contributed by atoms with E-state index in [0.29, 0.717) is 11.8 Å². The highest BCUT2D eigenvalue weighted by molar-refractivity contribution is 5.73. The molecular weight excluding hydrogens is 446 g/mol. The fourth-order valence-electron chi connectivity index (χ4n) is 6.09. The summed E-state index contributed by atoms with van der Waals surface area (Å²) >= 11 is 0. The molecule has 1 nitrogen and oxygen atoms in total. The normalized spacial score (nSPS) is 20.1. The van der Waals surface area contributed by atoms with E-state index in [1.54, 1.807) is 0 Å². The maximum atomic E-state index is 4.11. The zero-order chi connectivity index (χ0) is 26.1. The minimum atomic E-state index is -0.130. The molecule has 2 aliphatic rings. The maximum Gasteiger partial charge on any atom is 0.0378 e. The fourth-order valence-corrected chi connectivity index (χ4v) is 6.09. The summed E-state index contributed by atoms with van der Waals surface area (Å²) < 4.78 is 0.